The summed E-state index contributed by atoms with van der Waals surface area (Å²) in [5.74, 6) is 0.868. The van der Waals surface area contributed by atoms with E-state index in [1.54, 1.807) is 0 Å². The van der Waals surface area contributed by atoms with Crippen molar-refractivity contribution in [2.45, 2.75) is 19.8 Å². The smallest absolute Gasteiger partial charge is 0.271 e. The highest BCUT2D eigenvalue weighted by atomic mass is 16.6. The van der Waals surface area contributed by atoms with Crippen LogP contribution < -0.4 is 14.8 Å². The van der Waals surface area contributed by atoms with Crippen LogP contribution in [0.25, 0.3) is 0 Å². The van der Waals surface area contributed by atoms with Crippen LogP contribution in [0.4, 0.5) is 11.4 Å². The lowest BCUT2D eigenvalue weighted by atomic mass is 10.2. The summed E-state index contributed by atoms with van der Waals surface area (Å²) in [6, 6.07) is 11.7. The number of amides is 1. The summed E-state index contributed by atoms with van der Waals surface area (Å²) in [6.45, 7) is 2.40. The zero-order valence-corrected chi connectivity index (χ0v) is 14.2. The molecular formula is C18H20N2O5. The summed E-state index contributed by atoms with van der Waals surface area (Å²) >= 11 is 0. The molecule has 0 aliphatic heterocycles. The Morgan fingerprint density at radius 2 is 1.92 bits per heavy atom. The molecule has 0 saturated heterocycles. The van der Waals surface area contributed by atoms with E-state index in [0.29, 0.717) is 18.8 Å². The highest BCUT2D eigenvalue weighted by Gasteiger charge is 2.13. The fourth-order valence-electron chi connectivity index (χ4n) is 2.18. The summed E-state index contributed by atoms with van der Waals surface area (Å²) in [6.07, 6.45) is 0.759. The van der Waals surface area contributed by atoms with Crippen molar-refractivity contribution in [3.8, 4) is 11.5 Å². The Morgan fingerprint density at radius 1 is 1.20 bits per heavy atom. The molecule has 0 spiro atoms. The Morgan fingerprint density at radius 3 is 2.56 bits per heavy atom. The van der Waals surface area contributed by atoms with Crippen LogP contribution in [-0.2, 0) is 4.79 Å². The number of hydrogen-bond donors (Lipinski definition) is 1. The minimum atomic E-state index is -0.523. The molecule has 0 aromatic heterocycles. The number of ether oxygens (including phenoxy) is 2. The molecule has 0 atom stereocenters. The number of methoxy groups -OCH3 is 1. The van der Waals surface area contributed by atoms with E-state index in [4.69, 9.17) is 9.47 Å². The van der Waals surface area contributed by atoms with Gasteiger partial charge in [-0.3, -0.25) is 14.9 Å². The first-order valence-corrected chi connectivity index (χ1v) is 7.81. The molecule has 0 unspecified atom stereocenters. The van der Waals surface area contributed by atoms with Crippen molar-refractivity contribution in [3.05, 3.63) is 58.1 Å². The maximum Gasteiger partial charge on any atom is 0.271 e. The molecule has 1 amide bonds. The Bertz CT molecular complexity index is 744. The van der Waals surface area contributed by atoms with Gasteiger partial charge in [-0.25, -0.2) is 0 Å². The van der Waals surface area contributed by atoms with Gasteiger partial charge in [-0.2, -0.15) is 0 Å². The van der Waals surface area contributed by atoms with E-state index >= 15 is 0 Å². The number of nitro groups is 1. The second-order valence-corrected chi connectivity index (χ2v) is 5.45. The van der Waals surface area contributed by atoms with Crippen LogP contribution in [0, 0.1) is 17.0 Å². The maximum absolute atomic E-state index is 12.0. The third kappa shape index (κ3) is 5.49. The second kappa shape index (κ2) is 8.68. The number of nitrogens with zero attached hydrogens (tertiary/aromatic N) is 1. The van der Waals surface area contributed by atoms with Gasteiger partial charge in [-0.1, -0.05) is 17.7 Å². The van der Waals surface area contributed by atoms with Gasteiger partial charge >= 0.3 is 0 Å². The van der Waals surface area contributed by atoms with Crippen LogP contribution in [-0.4, -0.2) is 24.5 Å². The fourth-order valence-corrected chi connectivity index (χ4v) is 2.18. The SMILES string of the molecule is COc1ccc([N+](=O)[O-])cc1NC(=O)CCCOc1ccc(C)cc1. The van der Waals surface area contributed by atoms with Crippen LogP contribution in [0.2, 0.25) is 0 Å². The van der Waals surface area contributed by atoms with E-state index in [9.17, 15) is 14.9 Å². The number of rotatable bonds is 8. The molecule has 2 rings (SSSR count). The van der Waals surface area contributed by atoms with Crippen molar-refractivity contribution in [1.82, 2.24) is 0 Å². The number of aryl methyl sites for hydroxylation is 1. The van der Waals surface area contributed by atoms with Gasteiger partial charge in [0.15, 0.2) is 0 Å². The third-order valence-electron chi connectivity index (χ3n) is 3.51. The lowest BCUT2D eigenvalue weighted by Gasteiger charge is -2.10. The van der Waals surface area contributed by atoms with E-state index < -0.39 is 4.92 Å². The third-order valence-corrected chi connectivity index (χ3v) is 3.51. The average Bonchev–Trinajstić information content (AvgIpc) is 2.60. The van der Waals surface area contributed by atoms with Gasteiger partial charge in [-0.15, -0.1) is 0 Å². The first kappa shape index (κ1) is 18.3. The summed E-state index contributed by atoms with van der Waals surface area (Å²) in [4.78, 5) is 22.3. The van der Waals surface area contributed by atoms with Gasteiger partial charge in [0.05, 0.1) is 24.3 Å². The minimum absolute atomic E-state index is 0.112. The lowest BCUT2D eigenvalue weighted by molar-refractivity contribution is -0.384. The highest BCUT2D eigenvalue weighted by molar-refractivity contribution is 5.92. The van der Waals surface area contributed by atoms with E-state index in [2.05, 4.69) is 5.32 Å². The zero-order valence-electron chi connectivity index (χ0n) is 14.2. The molecule has 0 bridgehead atoms. The Kier molecular flexibility index (Phi) is 6.33. The molecule has 1 N–H and O–H groups in total. The van der Waals surface area contributed by atoms with Gasteiger partial charge < -0.3 is 14.8 Å². The maximum atomic E-state index is 12.0. The predicted molar refractivity (Wildman–Crippen MR) is 94.2 cm³/mol. The van der Waals surface area contributed by atoms with Crippen molar-refractivity contribution in [2.75, 3.05) is 19.0 Å². The summed E-state index contributed by atoms with van der Waals surface area (Å²) < 4.78 is 10.7. The molecule has 7 heteroatoms. The van der Waals surface area contributed by atoms with Gasteiger partial charge in [0.25, 0.3) is 5.69 Å². The molecule has 0 aliphatic carbocycles. The molecule has 2 aromatic rings. The van der Waals surface area contributed by atoms with E-state index in [1.165, 1.54) is 25.3 Å². The van der Waals surface area contributed by atoms with Gasteiger partial charge in [0.2, 0.25) is 5.91 Å². The van der Waals surface area contributed by atoms with E-state index in [0.717, 1.165) is 11.3 Å². The second-order valence-electron chi connectivity index (χ2n) is 5.45. The standard InChI is InChI=1S/C18H20N2O5/c1-13-5-8-15(9-6-13)25-11-3-4-18(21)19-16-12-14(20(22)23)7-10-17(16)24-2/h5-10,12H,3-4,11H2,1-2H3,(H,19,21). The molecule has 0 radical (unpaired) electrons. The zero-order chi connectivity index (χ0) is 18.2. The number of carbonyl (C=O) groups excluding carboxylic acids is 1. The van der Waals surface area contributed by atoms with Crippen LogP contribution in [0.1, 0.15) is 18.4 Å². The van der Waals surface area contributed by atoms with Gasteiger partial charge in [0, 0.05) is 18.6 Å². The van der Waals surface area contributed by atoms with Crippen LogP contribution in [0.5, 0.6) is 11.5 Å². The van der Waals surface area contributed by atoms with Crippen LogP contribution in [0.3, 0.4) is 0 Å². The number of anilines is 1. The molecule has 0 saturated carbocycles. The fraction of sp³-hybridized carbons (Fsp3) is 0.278. The molecule has 132 valence electrons. The molecule has 0 aliphatic rings. The number of benzene rings is 2. The topological polar surface area (TPSA) is 90.7 Å². The Balaban J connectivity index is 1.84. The molecular weight excluding hydrogens is 324 g/mol. The number of nitro benzene ring substituents is 1. The van der Waals surface area contributed by atoms with E-state index in [1.807, 2.05) is 31.2 Å². The van der Waals surface area contributed by atoms with Crippen molar-refractivity contribution in [3.63, 3.8) is 0 Å². The number of hydrogen-bond acceptors (Lipinski definition) is 5. The van der Waals surface area contributed by atoms with E-state index in [-0.39, 0.29) is 23.7 Å². The first-order chi connectivity index (χ1) is 12.0. The summed E-state index contributed by atoms with van der Waals surface area (Å²) in [5.41, 5.74) is 1.32. The van der Waals surface area contributed by atoms with Crippen molar-refractivity contribution in [2.24, 2.45) is 0 Å². The predicted octanol–water partition coefficient (Wildman–Crippen LogP) is 3.71. The Hall–Kier alpha value is -3.09. The quantitative estimate of drug-likeness (QED) is 0.448. The molecule has 0 heterocycles. The van der Waals surface area contributed by atoms with Gasteiger partial charge in [0.1, 0.15) is 11.5 Å². The normalized spacial score (nSPS) is 10.2. The molecule has 2 aromatic carbocycles. The summed E-state index contributed by atoms with van der Waals surface area (Å²) in [7, 11) is 1.44. The largest absolute Gasteiger partial charge is 0.495 e. The highest BCUT2D eigenvalue weighted by Crippen LogP contribution is 2.29. The van der Waals surface area contributed by atoms with Crippen molar-refractivity contribution < 1.29 is 19.2 Å². The van der Waals surface area contributed by atoms with Crippen LogP contribution >= 0.6 is 0 Å². The monoisotopic (exact) mass is 344 g/mol. The molecule has 7 nitrogen and oxygen atoms in total. The lowest BCUT2D eigenvalue weighted by Crippen LogP contribution is -2.13. The molecule has 25 heavy (non-hydrogen) atoms. The minimum Gasteiger partial charge on any atom is -0.495 e. The number of nitrogens with one attached hydrogen (secondary N) is 1. The summed E-state index contributed by atoms with van der Waals surface area (Å²) in [5, 5.41) is 13.5. The van der Waals surface area contributed by atoms with Crippen molar-refractivity contribution in [1.29, 1.82) is 0 Å². The Labute approximate surface area is 145 Å². The number of carbonyl (C=O) groups is 1. The van der Waals surface area contributed by atoms with Crippen molar-refractivity contribution >= 4 is 17.3 Å². The van der Waals surface area contributed by atoms with Gasteiger partial charge in [-0.05, 0) is 31.5 Å². The first-order valence-electron chi connectivity index (χ1n) is 7.81. The van der Waals surface area contributed by atoms with Crippen LogP contribution in [0.15, 0.2) is 42.5 Å². The molecule has 0 fully saturated rings. The average molecular weight is 344 g/mol. The number of non-ortho nitro benzene ring substituents is 1.